The van der Waals surface area contributed by atoms with Gasteiger partial charge in [0.2, 0.25) is 0 Å². The van der Waals surface area contributed by atoms with Gasteiger partial charge in [-0.2, -0.15) is 0 Å². The lowest BCUT2D eigenvalue weighted by Gasteiger charge is -2.13. The van der Waals surface area contributed by atoms with E-state index < -0.39 is 0 Å². The van der Waals surface area contributed by atoms with Gasteiger partial charge in [-0.25, -0.2) is 4.79 Å². The van der Waals surface area contributed by atoms with Crippen LogP contribution in [0.15, 0.2) is 231 Å². The zero-order valence-electron chi connectivity index (χ0n) is 50.5. The van der Waals surface area contributed by atoms with E-state index in [2.05, 4.69) is 103 Å². The van der Waals surface area contributed by atoms with Gasteiger partial charge in [0.05, 0.1) is 23.4 Å². The first-order chi connectivity index (χ1) is 42.9. The number of carbonyl (C=O) groups is 5. The van der Waals surface area contributed by atoms with Crippen molar-refractivity contribution in [3.63, 3.8) is 0 Å². The highest BCUT2D eigenvalue weighted by Gasteiger charge is 2.15. The zero-order valence-corrected chi connectivity index (χ0v) is 59.5. The summed E-state index contributed by atoms with van der Waals surface area (Å²) >= 11 is 16.8. The van der Waals surface area contributed by atoms with Gasteiger partial charge in [-0.15, -0.1) is 70.6 Å². The summed E-state index contributed by atoms with van der Waals surface area (Å²) in [7, 11) is 14.1. The Hall–Kier alpha value is -5.04. The molecule has 0 aliphatic rings. The number of hydrogen-bond acceptors (Lipinski definition) is 17. The Morgan fingerprint density at radius 3 is 0.764 bits per heavy atom. The van der Waals surface area contributed by atoms with Gasteiger partial charge in [-0.3, -0.25) is 19.2 Å². The fourth-order valence-electron chi connectivity index (χ4n) is 7.80. The second-order valence-corrected chi connectivity index (χ2v) is 31.9. The van der Waals surface area contributed by atoms with Crippen LogP contribution in [-0.4, -0.2) is 103 Å². The highest BCUT2D eigenvalue weighted by molar-refractivity contribution is 8.14. The summed E-state index contributed by atoms with van der Waals surface area (Å²) in [4.78, 5) is 79.5. The monoisotopic (exact) mass is 1390 g/mol. The van der Waals surface area contributed by atoms with Crippen LogP contribution in [0.1, 0.15) is 49.3 Å². The molecule has 0 aliphatic carbocycles. The molecule has 8 aromatic rings. The number of thioether (sulfide) groups is 10. The summed E-state index contributed by atoms with van der Waals surface area (Å²) in [6.45, 7) is 0. The van der Waals surface area contributed by atoms with E-state index in [1.165, 1.54) is 80.4 Å². The number of amides is 4. The molecule has 0 saturated heterocycles. The van der Waals surface area contributed by atoms with Crippen LogP contribution in [0.3, 0.4) is 0 Å². The third kappa shape index (κ3) is 23.9. The Kier molecular flexibility index (Phi) is 28.0. The molecule has 8 aromatic carbocycles. The second-order valence-electron chi connectivity index (χ2n) is 20.8. The van der Waals surface area contributed by atoms with E-state index in [0.717, 1.165) is 89.6 Å². The Morgan fingerprint density at radius 1 is 0.281 bits per heavy atom. The molecular formula is C68H68N4O6S11. The van der Waals surface area contributed by atoms with E-state index in [1.54, 1.807) is 159 Å². The first-order valence-electron chi connectivity index (χ1n) is 27.9. The quantitative estimate of drug-likeness (QED) is 0.0379. The molecule has 0 unspecified atom stereocenters. The van der Waals surface area contributed by atoms with Crippen molar-refractivity contribution in [2.75, 3.05) is 56.4 Å². The van der Waals surface area contributed by atoms with Crippen molar-refractivity contribution in [3.05, 3.63) is 226 Å². The van der Waals surface area contributed by atoms with Crippen molar-refractivity contribution in [2.24, 2.45) is 0 Å². The minimum Gasteiger partial charge on any atom is -0.387 e. The lowest BCUT2D eigenvalue weighted by molar-refractivity contribution is 0.0767. The number of hydrogen-bond donors (Lipinski definition) is 0. The molecule has 0 aliphatic heterocycles. The molecule has 0 spiro atoms. The Balaban J connectivity index is 1.03. The molecule has 0 N–H and O–H groups in total. The maximum atomic E-state index is 13.1. The Morgan fingerprint density at radius 2 is 0.517 bits per heavy atom. The molecule has 0 radical (unpaired) electrons. The number of carbonyl (C=O) groups excluding carboxylic acids is 5. The highest BCUT2D eigenvalue weighted by Crippen LogP contribution is 2.39. The van der Waals surface area contributed by atoms with Crippen LogP contribution in [0.25, 0.3) is 0 Å². The molecular weight excluding hydrogens is 1320 g/mol. The average molecular weight is 1390 g/mol. The fourth-order valence-corrected chi connectivity index (χ4v) is 17.0. The molecule has 0 bridgehead atoms. The van der Waals surface area contributed by atoms with Crippen LogP contribution < -0.4 is 0 Å². The van der Waals surface area contributed by atoms with Gasteiger partial charge >= 0.3 is 5.97 Å². The average Bonchev–Trinajstić information content (AvgIpc) is 3.73. The molecule has 10 nitrogen and oxygen atoms in total. The Bertz CT molecular complexity index is 3290. The third-order valence-corrected chi connectivity index (χ3v) is 23.8. The lowest BCUT2D eigenvalue weighted by Crippen LogP contribution is -2.15. The molecule has 4 amide bonds. The van der Waals surface area contributed by atoms with Crippen molar-refractivity contribution in [1.29, 1.82) is 0 Å². The van der Waals surface area contributed by atoms with Crippen molar-refractivity contribution in [2.45, 2.75) is 89.2 Å². The largest absolute Gasteiger partial charge is 0.387 e. The molecule has 21 heteroatoms. The van der Waals surface area contributed by atoms with E-state index in [-0.39, 0.29) is 26.9 Å². The van der Waals surface area contributed by atoms with Crippen molar-refractivity contribution in [1.82, 2.24) is 19.6 Å². The zero-order chi connectivity index (χ0) is 63.2. The third-order valence-electron chi connectivity index (χ3n) is 12.6. The minimum atomic E-state index is -0.381. The van der Waals surface area contributed by atoms with Crippen LogP contribution in [0.2, 0.25) is 0 Å². The Labute approximate surface area is 571 Å². The predicted molar refractivity (Wildman–Crippen MR) is 385 cm³/mol. The molecule has 0 atom stereocenters. The summed E-state index contributed by atoms with van der Waals surface area (Å²) < 4.78 is 5.75. The maximum Gasteiger partial charge on any atom is 0.350 e. The first kappa shape index (κ1) is 69.8. The van der Waals surface area contributed by atoms with Gasteiger partial charge < -0.3 is 23.8 Å². The van der Waals surface area contributed by atoms with Gasteiger partial charge in [-0.1, -0.05) is 66.7 Å². The SMILES string of the molecule is CN(C)C(=O)Sc1ccc(CSc2cc(CSc3cc(CSOC(=O)c4ccccc4)cc(SCc4cc(SCc5ccc(SC(=O)N(C)C)cc5)cc(SCc5ccc(SC(=O)N(C)C)cc5)c4)c3)cc(SCc3ccc(SC(=O)N(C)C)cc3)c2)cc1. The van der Waals surface area contributed by atoms with Crippen molar-refractivity contribution < 1.29 is 28.2 Å². The smallest absolute Gasteiger partial charge is 0.350 e. The van der Waals surface area contributed by atoms with Crippen LogP contribution in [0.4, 0.5) is 19.2 Å². The van der Waals surface area contributed by atoms with Crippen LogP contribution in [0.5, 0.6) is 0 Å². The van der Waals surface area contributed by atoms with Gasteiger partial charge in [0.15, 0.2) is 0 Å². The molecule has 0 saturated carbocycles. The summed E-state index contributed by atoms with van der Waals surface area (Å²) in [5, 5.41) is -0.0378. The number of nitrogens with zero attached hydrogens (tertiary/aromatic N) is 4. The topological polar surface area (TPSA) is 108 Å². The number of rotatable bonds is 26. The van der Waals surface area contributed by atoms with E-state index >= 15 is 0 Å². The highest BCUT2D eigenvalue weighted by atomic mass is 32.2. The summed E-state index contributed by atoms with van der Waals surface area (Å²) in [5.41, 5.74) is 8.60. The lowest BCUT2D eigenvalue weighted by atomic mass is 10.2. The minimum absolute atomic E-state index is 0.00945. The molecule has 0 heterocycles. The van der Waals surface area contributed by atoms with Crippen LogP contribution in [-0.2, 0) is 44.5 Å². The van der Waals surface area contributed by atoms with E-state index in [4.69, 9.17) is 4.18 Å². The van der Waals surface area contributed by atoms with Crippen molar-refractivity contribution >= 4 is 157 Å². The normalized spacial score (nSPS) is 11.1. The number of benzene rings is 8. The predicted octanol–water partition coefficient (Wildman–Crippen LogP) is 20.5. The molecule has 462 valence electrons. The van der Waals surface area contributed by atoms with Crippen molar-refractivity contribution in [3.8, 4) is 0 Å². The first-order valence-corrected chi connectivity index (χ1v) is 37.9. The molecule has 0 fully saturated rings. The molecule has 8 rings (SSSR count). The van der Waals surface area contributed by atoms with Gasteiger partial charge in [-0.05, 0) is 201 Å². The maximum absolute atomic E-state index is 13.1. The van der Waals surface area contributed by atoms with Gasteiger partial charge in [0.25, 0.3) is 21.0 Å². The fraction of sp³-hybridized carbons (Fsp3) is 0.221. The summed E-state index contributed by atoms with van der Waals surface area (Å²) in [5.74, 6) is 4.57. The van der Waals surface area contributed by atoms with Gasteiger partial charge in [0.1, 0.15) is 0 Å². The standard InChI is InChI=1S/C68H68N4O6S11/c1-69(2)65(74)86-54-22-14-46(15-23-54)39-79-58-30-50(31-59(36-58)80-40-47-16-24-55(25-17-47)87-66(75)70(3)4)43-83-62-34-52(45-85-78-64(73)53-12-10-9-11-13-53)35-63(38-62)84-44-51-32-60(81-41-48-18-26-56(27-19-48)88-67(76)71(5)6)37-61(33-51)82-42-49-20-28-57(29-21-49)89-68(77)72(7)8/h9-38H,39-45H2,1-8H3. The molecule has 0 aromatic heterocycles. The van der Waals surface area contributed by atoms with E-state index in [9.17, 15) is 24.0 Å². The molecule has 89 heavy (non-hydrogen) atoms. The van der Waals surface area contributed by atoms with Crippen LogP contribution in [0, 0.1) is 0 Å². The second kappa shape index (κ2) is 35.7. The summed E-state index contributed by atoms with van der Waals surface area (Å²) in [6, 6.07) is 62.3. The van der Waals surface area contributed by atoms with E-state index in [1.807, 2.05) is 66.7 Å². The summed E-state index contributed by atoms with van der Waals surface area (Å²) in [6.07, 6.45) is 0. The van der Waals surface area contributed by atoms with E-state index in [0.29, 0.717) is 22.8 Å². The van der Waals surface area contributed by atoms with Crippen LogP contribution >= 0.6 is 130 Å². The van der Waals surface area contributed by atoms with Gasteiger partial charge in [0, 0.05) is 140 Å².